The van der Waals surface area contributed by atoms with E-state index in [4.69, 9.17) is 4.74 Å². The summed E-state index contributed by atoms with van der Waals surface area (Å²) in [5, 5.41) is 3.99. The Hall–Kier alpha value is -2.34. The van der Waals surface area contributed by atoms with Crippen molar-refractivity contribution in [1.29, 1.82) is 0 Å². The standard InChI is InChI=1S/C19H22N2O3S/c1-24-17-6-3-2-5-16(17)19(23)21-9-4-8-20(10-11-21)18(22)13-15-7-12-25-14-15/h2-3,5-7,12,14H,4,8-11,13H2,1H3. The number of thiophene rings is 1. The van der Waals surface area contributed by atoms with Crippen LogP contribution in [0, 0.1) is 0 Å². The van der Waals surface area contributed by atoms with Crippen LogP contribution in [0.25, 0.3) is 0 Å². The van der Waals surface area contributed by atoms with Crippen LogP contribution in [0.5, 0.6) is 5.75 Å². The molecular weight excluding hydrogens is 336 g/mol. The third-order valence-electron chi connectivity index (χ3n) is 4.41. The minimum atomic E-state index is -0.0374. The van der Waals surface area contributed by atoms with Crippen LogP contribution in [0.3, 0.4) is 0 Å². The normalized spacial score (nSPS) is 14.9. The third-order valence-corrected chi connectivity index (χ3v) is 5.14. The number of amides is 2. The molecule has 0 saturated carbocycles. The number of hydrogen-bond donors (Lipinski definition) is 0. The molecule has 1 fully saturated rings. The van der Waals surface area contributed by atoms with E-state index in [-0.39, 0.29) is 11.8 Å². The van der Waals surface area contributed by atoms with Crippen molar-refractivity contribution in [3.63, 3.8) is 0 Å². The first kappa shape index (κ1) is 17.5. The highest BCUT2D eigenvalue weighted by Crippen LogP contribution is 2.20. The lowest BCUT2D eigenvalue weighted by Gasteiger charge is -2.23. The minimum Gasteiger partial charge on any atom is -0.496 e. The number of para-hydroxylation sites is 1. The topological polar surface area (TPSA) is 49.9 Å². The third kappa shape index (κ3) is 4.20. The zero-order valence-corrected chi connectivity index (χ0v) is 15.1. The summed E-state index contributed by atoms with van der Waals surface area (Å²) >= 11 is 1.60. The van der Waals surface area contributed by atoms with Crippen LogP contribution in [-0.2, 0) is 11.2 Å². The maximum Gasteiger partial charge on any atom is 0.257 e. The Balaban J connectivity index is 1.63. The average Bonchev–Trinajstić information content (AvgIpc) is 3.02. The highest BCUT2D eigenvalue weighted by molar-refractivity contribution is 7.08. The van der Waals surface area contributed by atoms with E-state index in [1.807, 2.05) is 38.8 Å². The molecule has 5 nitrogen and oxygen atoms in total. The van der Waals surface area contributed by atoms with Crippen LogP contribution in [0.1, 0.15) is 22.3 Å². The number of carbonyl (C=O) groups excluding carboxylic acids is 2. The molecule has 2 heterocycles. The second kappa shape index (κ2) is 8.16. The molecule has 1 aliphatic rings. The molecule has 0 N–H and O–H groups in total. The summed E-state index contributed by atoms with van der Waals surface area (Å²) < 4.78 is 5.30. The Bertz CT molecular complexity index is 730. The number of benzene rings is 1. The zero-order chi connectivity index (χ0) is 17.6. The van der Waals surface area contributed by atoms with Crippen molar-refractivity contribution in [3.8, 4) is 5.75 Å². The molecule has 0 unspecified atom stereocenters. The van der Waals surface area contributed by atoms with E-state index in [0.29, 0.717) is 43.9 Å². The van der Waals surface area contributed by atoms with Gasteiger partial charge in [-0.25, -0.2) is 0 Å². The number of methoxy groups -OCH3 is 1. The van der Waals surface area contributed by atoms with Crippen molar-refractivity contribution in [2.75, 3.05) is 33.3 Å². The molecule has 2 amide bonds. The van der Waals surface area contributed by atoms with Crippen molar-refractivity contribution in [1.82, 2.24) is 9.80 Å². The summed E-state index contributed by atoms with van der Waals surface area (Å²) in [6, 6.07) is 9.25. The number of carbonyl (C=O) groups is 2. The monoisotopic (exact) mass is 358 g/mol. The van der Waals surface area contributed by atoms with E-state index < -0.39 is 0 Å². The first-order valence-electron chi connectivity index (χ1n) is 8.40. The highest BCUT2D eigenvalue weighted by atomic mass is 32.1. The lowest BCUT2D eigenvalue weighted by molar-refractivity contribution is -0.130. The van der Waals surface area contributed by atoms with Gasteiger partial charge in [-0.15, -0.1) is 0 Å². The second-order valence-electron chi connectivity index (χ2n) is 6.04. The van der Waals surface area contributed by atoms with E-state index in [2.05, 4.69) is 0 Å². The Morgan fingerprint density at radius 1 is 1.08 bits per heavy atom. The van der Waals surface area contributed by atoms with E-state index in [9.17, 15) is 9.59 Å². The molecule has 1 aromatic carbocycles. The van der Waals surface area contributed by atoms with Gasteiger partial charge in [-0.2, -0.15) is 11.3 Å². The van der Waals surface area contributed by atoms with Crippen molar-refractivity contribution in [2.45, 2.75) is 12.8 Å². The summed E-state index contributed by atoms with van der Waals surface area (Å²) in [7, 11) is 1.57. The molecule has 0 atom stereocenters. The van der Waals surface area contributed by atoms with Crippen LogP contribution < -0.4 is 4.74 Å². The van der Waals surface area contributed by atoms with Crippen molar-refractivity contribution in [3.05, 3.63) is 52.2 Å². The fourth-order valence-corrected chi connectivity index (χ4v) is 3.71. The SMILES string of the molecule is COc1ccccc1C(=O)N1CCCN(C(=O)Cc2ccsc2)CC1. The first-order valence-corrected chi connectivity index (χ1v) is 9.34. The summed E-state index contributed by atoms with van der Waals surface area (Å²) in [4.78, 5) is 29.0. The molecule has 2 aromatic rings. The van der Waals surface area contributed by atoms with Gasteiger partial charge in [-0.1, -0.05) is 12.1 Å². The lowest BCUT2D eigenvalue weighted by Crippen LogP contribution is -2.38. The Labute approximate surface area is 151 Å². The van der Waals surface area contributed by atoms with E-state index in [1.165, 1.54) is 0 Å². The maximum absolute atomic E-state index is 12.8. The predicted octanol–water partition coefficient (Wildman–Crippen LogP) is 2.67. The van der Waals surface area contributed by atoms with Crippen molar-refractivity contribution < 1.29 is 14.3 Å². The zero-order valence-electron chi connectivity index (χ0n) is 14.3. The van der Waals surface area contributed by atoms with E-state index in [0.717, 1.165) is 12.0 Å². The first-order chi connectivity index (χ1) is 12.2. The molecule has 132 valence electrons. The van der Waals surface area contributed by atoms with Gasteiger partial charge in [0.25, 0.3) is 5.91 Å². The number of ether oxygens (including phenoxy) is 1. The van der Waals surface area contributed by atoms with Gasteiger partial charge in [0.2, 0.25) is 5.91 Å². The summed E-state index contributed by atoms with van der Waals surface area (Å²) in [6.45, 7) is 2.47. The fourth-order valence-electron chi connectivity index (χ4n) is 3.04. The quantitative estimate of drug-likeness (QED) is 0.844. The Morgan fingerprint density at radius 2 is 1.84 bits per heavy atom. The second-order valence-corrected chi connectivity index (χ2v) is 6.82. The van der Waals surface area contributed by atoms with Gasteiger partial charge in [-0.3, -0.25) is 9.59 Å². The van der Waals surface area contributed by atoms with E-state index >= 15 is 0 Å². The van der Waals surface area contributed by atoms with Crippen molar-refractivity contribution >= 4 is 23.2 Å². The molecule has 1 aromatic heterocycles. The molecule has 1 aliphatic heterocycles. The number of rotatable bonds is 4. The molecular formula is C19H22N2O3S. The van der Waals surface area contributed by atoms with Gasteiger partial charge in [-0.05, 0) is 40.9 Å². The van der Waals surface area contributed by atoms with E-state index in [1.54, 1.807) is 30.6 Å². The summed E-state index contributed by atoms with van der Waals surface area (Å²) in [5.74, 6) is 0.678. The van der Waals surface area contributed by atoms with Gasteiger partial charge < -0.3 is 14.5 Å². The number of nitrogens with zero attached hydrogens (tertiary/aromatic N) is 2. The smallest absolute Gasteiger partial charge is 0.257 e. The maximum atomic E-state index is 12.8. The number of hydrogen-bond acceptors (Lipinski definition) is 4. The molecule has 0 bridgehead atoms. The van der Waals surface area contributed by atoms with Gasteiger partial charge in [0.1, 0.15) is 5.75 Å². The fraction of sp³-hybridized carbons (Fsp3) is 0.368. The van der Waals surface area contributed by atoms with Gasteiger partial charge in [0.05, 0.1) is 19.1 Å². The largest absolute Gasteiger partial charge is 0.496 e. The molecule has 0 spiro atoms. The van der Waals surface area contributed by atoms with Gasteiger partial charge >= 0.3 is 0 Å². The van der Waals surface area contributed by atoms with Crippen LogP contribution in [0.15, 0.2) is 41.1 Å². The van der Waals surface area contributed by atoms with Gasteiger partial charge in [0, 0.05) is 26.2 Å². The molecule has 6 heteroatoms. The van der Waals surface area contributed by atoms with Crippen LogP contribution >= 0.6 is 11.3 Å². The molecule has 3 rings (SSSR count). The summed E-state index contributed by atoms with van der Waals surface area (Å²) in [6.07, 6.45) is 1.22. The minimum absolute atomic E-state index is 0.0374. The average molecular weight is 358 g/mol. The van der Waals surface area contributed by atoms with Crippen LogP contribution in [0.4, 0.5) is 0 Å². The Kier molecular flexibility index (Phi) is 5.71. The lowest BCUT2D eigenvalue weighted by atomic mass is 10.1. The predicted molar refractivity (Wildman–Crippen MR) is 98.1 cm³/mol. The molecule has 0 aliphatic carbocycles. The Morgan fingerprint density at radius 3 is 2.60 bits per heavy atom. The molecule has 25 heavy (non-hydrogen) atoms. The van der Waals surface area contributed by atoms with Crippen LogP contribution in [-0.4, -0.2) is 54.9 Å². The summed E-state index contributed by atoms with van der Waals surface area (Å²) in [5.41, 5.74) is 1.63. The van der Waals surface area contributed by atoms with Crippen LogP contribution in [0.2, 0.25) is 0 Å². The molecule has 0 radical (unpaired) electrons. The van der Waals surface area contributed by atoms with Gasteiger partial charge in [0.15, 0.2) is 0 Å². The molecule has 1 saturated heterocycles. The highest BCUT2D eigenvalue weighted by Gasteiger charge is 2.24. The van der Waals surface area contributed by atoms with Crippen molar-refractivity contribution in [2.24, 2.45) is 0 Å².